The van der Waals surface area contributed by atoms with Crippen molar-refractivity contribution < 1.29 is 4.42 Å². The number of benzene rings is 1. The Labute approximate surface area is 95.7 Å². The maximum Gasteiger partial charge on any atom is 0.215 e. The van der Waals surface area contributed by atoms with Crippen molar-refractivity contribution in [2.45, 2.75) is 39.2 Å². The van der Waals surface area contributed by atoms with Gasteiger partial charge in [-0.05, 0) is 31.4 Å². The first-order valence-corrected chi connectivity index (χ1v) is 5.76. The van der Waals surface area contributed by atoms with Crippen molar-refractivity contribution in [3.63, 3.8) is 0 Å². The van der Waals surface area contributed by atoms with Crippen LogP contribution in [0.25, 0.3) is 11.1 Å². The first-order chi connectivity index (χ1) is 7.60. The second kappa shape index (κ2) is 3.91. The van der Waals surface area contributed by atoms with Gasteiger partial charge in [0.15, 0.2) is 5.58 Å². The van der Waals surface area contributed by atoms with E-state index in [9.17, 15) is 0 Å². The summed E-state index contributed by atoms with van der Waals surface area (Å²) in [7, 11) is 0. The SMILES string of the molecule is CCC(N)(CC)c1nc2c(C)cccc2o1. The van der Waals surface area contributed by atoms with Crippen LogP contribution < -0.4 is 5.73 Å². The summed E-state index contributed by atoms with van der Waals surface area (Å²) in [4.78, 5) is 4.53. The normalized spacial score (nSPS) is 12.2. The van der Waals surface area contributed by atoms with Crippen LogP contribution in [0.2, 0.25) is 0 Å². The molecule has 2 N–H and O–H groups in total. The average Bonchev–Trinajstić information content (AvgIpc) is 2.74. The minimum absolute atomic E-state index is 0.439. The van der Waals surface area contributed by atoms with Crippen LogP contribution in [-0.2, 0) is 5.54 Å². The van der Waals surface area contributed by atoms with Crippen molar-refractivity contribution in [2.24, 2.45) is 5.73 Å². The molecule has 2 rings (SSSR count). The molecule has 3 nitrogen and oxygen atoms in total. The molecule has 1 heterocycles. The van der Waals surface area contributed by atoms with Gasteiger partial charge in [-0.3, -0.25) is 0 Å². The molecule has 0 aliphatic heterocycles. The third-order valence-corrected chi connectivity index (χ3v) is 3.31. The van der Waals surface area contributed by atoms with E-state index in [-0.39, 0.29) is 0 Å². The van der Waals surface area contributed by atoms with E-state index in [1.807, 2.05) is 25.1 Å². The van der Waals surface area contributed by atoms with Gasteiger partial charge in [-0.25, -0.2) is 4.98 Å². The van der Waals surface area contributed by atoms with E-state index in [4.69, 9.17) is 10.2 Å². The fourth-order valence-electron chi connectivity index (χ4n) is 1.85. The van der Waals surface area contributed by atoms with Gasteiger partial charge in [0, 0.05) is 0 Å². The molecule has 0 aliphatic rings. The number of para-hydroxylation sites is 1. The molecule has 0 amide bonds. The van der Waals surface area contributed by atoms with Crippen LogP contribution in [0.4, 0.5) is 0 Å². The van der Waals surface area contributed by atoms with E-state index in [0.717, 1.165) is 29.5 Å². The Kier molecular flexibility index (Phi) is 2.72. The lowest BCUT2D eigenvalue weighted by Crippen LogP contribution is -2.35. The molecule has 1 aromatic heterocycles. The van der Waals surface area contributed by atoms with Crippen LogP contribution in [0.3, 0.4) is 0 Å². The maximum absolute atomic E-state index is 6.28. The lowest BCUT2D eigenvalue weighted by molar-refractivity contribution is 0.318. The van der Waals surface area contributed by atoms with Crippen LogP contribution in [0.1, 0.15) is 38.1 Å². The Bertz CT molecular complexity index is 498. The van der Waals surface area contributed by atoms with E-state index in [0.29, 0.717) is 5.89 Å². The molecule has 0 radical (unpaired) electrons. The summed E-state index contributed by atoms with van der Waals surface area (Å²) in [5.74, 6) is 0.654. The molecule has 3 heteroatoms. The first kappa shape index (κ1) is 11.1. The summed E-state index contributed by atoms with van der Waals surface area (Å²) in [5, 5.41) is 0. The van der Waals surface area contributed by atoms with Gasteiger partial charge in [-0.15, -0.1) is 0 Å². The van der Waals surface area contributed by atoms with Crippen molar-refractivity contribution in [3.05, 3.63) is 29.7 Å². The second-order valence-electron chi connectivity index (χ2n) is 4.30. The highest BCUT2D eigenvalue weighted by Gasteiger charge is 2.29. The molecule has 0 aliphatic carbocycles. The lowest BCUT2D eigenvalue weighted by Gasteiger charge is -2.21. The Hall–Kier alpha value is -1.35. The molecule has 1 aromatic carbocycles. The van der Waals surface area contributed by atoms with Gasteiger partial charge < -0.3 is 10.2 Å². The predicted molar refractivity (Wildman–Crippen MR) is 65.2 cm³/mol. The number of rotatable bonds is 3. The predicted octanol–water partition coefficient (Wildman–Crippen LogP) is 3.11. The lowest BCUT2D eigenvalue weighted by atomic mass is 9.94. The van der Waals surface area contributed by atoms with Crippen LogP contribution in [0.15, 0.2) is 22.6 Å². The number of oxazole rings is 1. The van der Waals surface area contributed by atoms with Crippen molar-refractivity contribution in [1.29, 1.82) is 0 Å². The Morgan fingerprint density at radius 1 is 1.31 bits per heavy atom. The topological polar surface area (TPSA) is 52.0 Å². The summed E-state index contributed by atoms with van der Waals surface area (Å²) >= 11 is 0. The minimum atomic E-state index is -0.439. The van der Waals surface area contributed by atoms with Gasteiger partial charge in [-0.2, -0.15) is 0 Å². The smallest absolute Gasteiger partial charge is 0.215 e. The van der Waals surface area contributed by atoms with E-state index < -0.39 is 5.54 Å². The van der Waals surface area contributed by atoms with Crippen molar-refractivity contribution >= 4 is 11.1 Å². The molecule has 0 saturated heterocycles. The zero-order valence-electron chi connectivity index (χ0n) is 10.1. The molecule has 0 unspecified atom stereocenters. The van der Waals surface area contributed by atoms with E-state index in [1.54, 1.807) is 0 Å². The third-order valence-electron chi connectivity index (χ3n) is 3.31. The monoisotopic (exact) mass is 218 g/mol. The molecule has 2 aromatic rings. The molecule has 0 spiro atoms. The summed E-state index contributed by atoms with van der Waals surface area (Å²) < 4.78 is 5.76. The highest BCUT2D eigenvalue weighted by molar-refractivity contribution is 5.76. The number of hydrogen-bond donors (Lipinski definition) is 1. The van der Waals surface area contributed by atoms with Crippen molar-refractivity contribution in [2.75, 3.05) is 0 Å². The van der Waals surface area contributed by atoms with Crippen LogP contribution >= 0.6 is 0 Å². The molecule has 0 atom stereocenters. The van der Waals surface area contributed by atoms with Crippen LogP contribution in [-0.4, -0.2) is 4.98 Å². The molecule has 86 valence electrons. The highest BCUT2D eigenvalue weighted by Crippen LogP contribution is 2.29. The van der Waals surface area contributed by atoms with Gasteiger partial charge in [0.2, 0.25) is 5.89 Å². The van der Waals surface area contributed by atoms with Crippen molar-refractivity contribution in [3.8, 4) is 0 Å². The van der Waals surface area contributed by atoms with Gasteiger partial charge in [-0.1, -0.05) is 26.0 Å². The number of nitrogens with zero attached hydrogens (tertiary/aromatic N) is 1. The summed E-state index contributed by atoms with van der Waals surface area (Å²) in [6, 6.07) is 5.94. The fourth-order valence-corrected chi connectivity index (χ4v) is 1.85. The Morgan fingerprint density at radius 3 is 2.56 bits per heavy atom. The minimum Gasteiger partial charge on any atom is -0.439 e. The molecular weight excluding hydrogens is 200 g/mol. The largest absolute Gasteiger partial charge is 0.439 e. The number of fused-ring (bicyclic) bond motifs is 1. The zero-order valence-corrected chi connectivity index (χ0v) is 10.1. The highest BCUT2D eigenvalue weighted by atomic mass is 16.4. The number of hydrogen-bond acceptors (Lipinski definition) is 3. The van der Waals surface area contributed by atoms with Gasteiger partial charge in [0.25, 0.3) is 0 Å². The van der Waals surface area contributed by atoms with E-state index >= 15 is 0 Å². The second-order valence-corrected chi connectivity index (χ2v) is 4.30. The average molecular weight is 218 g/mol. The molecule has 0 fully saturated rings. The fraction of sp³-hybridized carbons (Fsp3) is 0.462. The van der Waals surface area contributed by atoms with E-state index in [1.165, 1.54) is 0 Å². The quantitative estimate of drug-likeness (QED) is 0.861. The molecule has 16 heavy (non-hydrogen) atoms. The molecule has 0 bridgehead atoms. The van der Waals surface area contributed by atoms with Gasteiger partial charge in [0.05, 0.1) is 5.54 Å². The van der Waals surface area contributed by atoms with Crippen molar-refractivity contribution in [1.82, 2.24) is 4.98 Å². The van der Waals surface area contributed by atoms with Gasteiger partial charge >= 0.3 is 0 Å². The summed E-state index contributed by atoms with van der Waals surface area (Å²) in [5.41, 5.74) is 8.71. The number of nitrogens with two attached hydrogens (primary N) is 1. The van der Waals surface area contributed by atoms with Crippen LogP contribution in [0, 0.1) is 6.92 Å². The van der Waals surface area contributed by atoms with E-state index in [2.05, 4.69) is 18.8 Å². The Morgan fingerprint density at radius 2 is 2.00 bits per heavy atom. The van der Waals surface area contributed by atoms with Crippen LogP contribution in [0.5, 0.6) is 0 Å². The summed E-state index contributed by atoms with van der Waals surface area (Å²) in [6.07, 6.45) is 1.66. The summed E-state index contributed by atoms with van der Waals surface area (Å²) in [6.45, 7) is 6.15. The zero-order chi connectivity index (χ0) is 11.8. The standard InChI is InChI=1S/C13H18N2O/c1-4-13(14,5-2)12-15-11-9(3)7-6-8-10(11)16-12/h6-8H,4-5,14H2,1-3H3. The first-order valence-electron chi connectivity index (χ1n) is 5.76. The molecular formula is C13H18N2O. The number of aromatic nitrogens is 1. The van der Waals surface area contributed by atoms with Gasteiger partial charge in [0.1, 0.15) is 5.52 Å². The maximum atomic E-state index is 6.28. The number of aryl methyl sites for hydroxylation is 1. The third kappa shape index (κ3) is 1.61. The Balaban J connectivity index is 2.59. The molecule has 0 saturated carbocycles.